The van der Waals surface area contributed by atoms with Crippen LogP contribution < -0.4 is 10.6 Å². The van der Waals surface area contributed by atoms with Gasteiger partial charge in [-0.25, -0.2) is 0 Å². The molecule has 0 heterocycles. The highest BCUT2D eigenvalue weighted by molar-refractivity contribution is 5.94. The first-order chi connectivity index (χ1) is 12.5. The summed E-state index contributed by atoms with van der Waals surface area (Å²) in [5.41, 5.74) is 5.49. The number of hydrogen-bond donors (Lipinski definition) is 2. The van der Waals surface area contributed by atoms with Gasteiger partial charge in [0.25, 0.3) is 0 Å². The molecule has 140 valence electrons. The molecule has 26 heavy (non-hydrogen) atoms. The van der Waals surface area contributed by atoms with Gasteiger partial charge in [0, 0.05) is 17.9 Å². The summed E-state index contributed by atoms with van der Waals surface area (Å²) in [6.45, 7) is 11.3. The number of nitrogens with zero attached hydrogens (tertiary/aromatic N) is 1. The van der Waals surface area contributed by atoms with Gasteiger partial charge in [-0.3, -0.25) is 9.69 Å². The van der Waals surface area contributed by atoms with Crippen molar-refractivity contribution >= 4 is 17.3 Å². The molecule has 0 aliphatic carbocycles. The number of rotatable bonds is 9. The lowest BCUT2D eigenvalue weighted by molar-refractivity contribution is -0.117. The standard InChI is InChI=1S/C22H31N3O/c1-5-25(6-2)16-21(26)24-22-17(3)12-13-20(18(22)4)23-15-14-19-10-8-7-9-11-19/h7-13,23H,5-6,14-16H2,1-4H3,(H,24,26). The van der Waals surface area contributed by atoms with E-state index in [1.807, 2.05) is 13.0 Å². The predicted molar refractivity (Wildman–Crippen MR) is 111 cm³/mol. The lowest BCUT2D eigenvalue weighted by Crippen LogP contribution is -2.33. The van der Waals surface area contributed by atoms with Crippen molar-refractivity contribution in [2.45, 2.75) is 34.1 Å². The molecule has 4 heteroatoms. The molecule has 0 unspecified atom stereocenters. The quantitative estimate of drug-likeness (QED) is 0.709. The van der Waals surface area contributed by atoms with Crippen LogP contribution in [0, 0.1) is 13.8 Å². The summed E-state index contributed by atoms with van der Waals surface area (Å²) >= 11 is 0. The Hall–Kier alpha value is -2.33. The van der Waals surface area contributed by atoms with Crippen LogP contribution in [0.2, 0.25) is 0 Å². The van der Waals surface area contributed by atoms with Crippen LogP contribution in [0.25, 0.3) is 0 Å². The third-order valence-electron chi connectivity index (χ3n) is 4.77. The van der Waals surface area contributed by atoms with Gasteiger partial charge in [0.15, 0.2) is 0 Å². The van der Waals surface area contributed by atoms with Crippen LogP contribution in [0.1, 0.15) is 30.5 Å². The molecule has 0 fully saturated rings. The van der Waals surface area contributed by atoms with Gasteiger partial charge in [-0.2, -0.15) is 0 Å². The van der Waals surface area contributed by atoms with E-state index in [-0.39, 0.29) is 5.91 Å². The first kappa shape index (κ1) is 20.0. The van der Waals surface area contributed by atoms with E-state index in [1.165, 1.54) is 5.56 Å². The number of aryl methyl sites for hydroxylation is 1. The predicted octanol–water partition coefficient (Wildman–Crippen LogP) is 4.24. The third kappa shape index (κ3) is 5.60. The highest BCUT2D eigenvalue weighted by Gasteiger charge is 2.12. The van der Waals surface area contributed by atoms with E-state index >= 15 is 0 Å². The topological polar surface area (TPSA) is 44.4 Å². The fraction of sp³-hybridized carbons (Fsp3) is 0.409. The van der Waals surface area contributed by atoms with Crippen molar-refractivity contribution in [2.24, 2.45) is 0 Å². The Bertz CT molecular complexity index is 709. The first-order valence-electron chi connectivity index (χ1n) is 9.45. The Morgan fingerprint density at radius 1 is 1.00 bits per heavy atom. The molecule has 1 amide bonds. The van der Waals surface area contributed by atoms with Crippen LogP contribution in [-0.2, 0) is 11.2 Å². The van der Waals surface area contributed by atoms with Crippen molar-refractivity contribution in [1.82, 2.24) is 4.90 Å². The maximum Gasteiger partial charge on any atom is 0.238 e. The molecule has 0 aromatic heterocycles. The maximum absolute atomic E-state index is 12.4. The van der Waals surface area contributed by atoms with Crippen molar-refractivity contribution in [3.63, 3.8) is 0 Å². The van der Waals surface area contributed by atoms with Gasteiger partial charge in [0.2, 0.25) is 5.91 Å². The Morgan fingerprint density at radius 3 is 2.35 bits per heavy atom. The maximum atomic E-state index is 12.4. The minimum Gasteiger partial charge on any atom is -0.384 e. The zero-order chi connectivity index (χ0) is 18.9. The first-order valence-corrected chi connectivity index (χ1v) is 9.45. The van der Waals surface area contributed by atoms with Crippen LogP contribution >= 0.6 is 0 Å². The SMILES string of the molecule is CCN(CC)CC(=O)Nc1c(C)ccc(NCCc2ccccc2)c1C. The summed E-state index contributed by atoms with van der Waals surface area (Å²) in [7, 11) is 0. The lowest BCUT2D eigenvalue weighted by atomic mass is 10.1. The van der Waals surface area contributed by atoms with Crippen LogP contribution in [0.3, 0.4) is 0 Å². The largest absolute Gasteiger partial charge is 0.384 e. The molecular weight excluding hydrogens is 322 g/mol. The second kappa shape index (κ2) is 9.97. The normalized spacial score (nSPS) is 10.8. The van der Waals surface area contributed by atoms with Gasteiger partial charge in [-0.1, -0.05) is 50.2 Å². The van der Waals surface area contributed by atoms with Gasteiger partial charge in [-0.05, 0) is 56.1 Å². The second-order valence-corrected chi connectivity index (χ2v) is 6.60. The van der Waals surface area contributed by atoms with Gasteiger partial charge in [0.05, 0.1) is 6.54 Å². The van der Waals surface area contributed by atoms with E-state index in [9.17, 15) is 4.79 Å². The summed E-state index contributed by atoms with van der Waals surface area (Å²) in [5, 5.41) is 6.61. The monoisotopic (exact) mass is 353 g/mol. The number of hydrogen-bond acceptors (Lipinski definition) is 3. The summed E-state index contributed by atoms with van der Waals surface area (Å²) in [5.74, 6) is 0.0429. The molecule has 0 saturated carbocycles. The molecule has 4 nitrogen and oxygen atoms in total. The van der Waals surface area contributed by atoms with Crippen molar-refractivity contribution in [2.75, 3.05) is 36.8 Å². The fourth-order valence-corrected chi connectivity index (χ4v) is 3.05. The van der Waals surface area contributed by atoms with E-state index in [1.54, 1.807) is 0 Å². The van der Waals surface area contributed by atoms with Gasteiger partial charge < -0.3 is 10.6 Å². The number of anilines is 2. The molecular formula is C22H31N3O. The Morgan fingerprint density at radius 2 is 1.69 bits per heavy atom. The van der Waals surface area contributed by atoms with Crippen LogP contribution in [0.15, 0.2) is 42.5 Å². The van der Waals surface area contributed by atoms with Gasteiger partial charge in [0.1, 0.15) is 0 Å². The lowest BCUT2D eigenvalue weighted by Gasteiger charge is -2.20. The molecule has 2 N–H and O–H groups in total. The van der Waals surface area contributed by atoms with E-state index < -0.39 is 0 Å². The molecule has 2 rings (SSSR count). The van der Waals surface area contributed by atoms with E-state index in [2.05, 4.69) is 72.7 Å². The highest BCUT2D eigenvalue weighted by Crippen LogP contribution is 2.27. The summed E-state index contributed by atoms with van der Waals surface area (Å²) in [4.78, 5) is 14.5. The number of carbonyl (C=O) groups excluding carboxylic acids is 1. The van der Waals surface area contributed by atoms with Gasteiger partial charge >= 0.3 is 0 Å². The average Bonchev–Trinajstić information content (AvgIpc) is 2.66. The van der Waals surface area contributed by atoms with Gasteiger partial charge in [-0.15, -0.1) is 0 Å². The van der Waals surface area contributed by atoms with Crippen LogP contribution in [0.5, 0.6) is 0 Å². The van der Waals surface area contributed by atoms with Crippen molar-refractivity contribution in [1.29, 1.82) is 0 Å². The molecule has 0 bridgehead atoms. The molecule has 2 aromatic rings. The molecule has 0 saturated heterocycles. The zero-order valence-electron chi connectivity index (χ0n) is 16.4. The van der Waals surface area contributed by atoms with E-state index in [0.29, 0.717) is 6.54 Å². The molecule has 0 aliphatic heterocycles. The van der Waals surface area contributed by atoms with E-state index in [0.717, 1.165) is 48.6 Å². The van der Waals surface area contributed by atoms with Crippen molar-refractivity contribution in [3.05, 3.63) is 59.2 Å². The molecule has 0 radical (unpaired) electrons. The Balaban J connectivity index is 2.01. The average molecular weight is 354 g/mol. The highest BCUT2D eigenvalue weighted by atomic mass is 16.2. The van der Waals surface area contributed by atoms with Crippen LogP contribution in [0.4, 0.5) is 11.4 Å². The second-order valence-electron chi connectivity index (χ2n) is 6.60. The van der Waals surface area contributed by atoms with Crippen molar-refractivity contribution in [3.8, 4) is 0 Å². The number of likely N-dealkylation sites (N-methyl/N-ethyl adjacent to an activating group) is 1. The summed E-state index contributed by atoms with van der Waals surface area (Å²) in [6, 6.07) is 14.6. The summed E-state index contributed by atoms with van der Waals surface area (Å²) < 4.78 is 0. The summed E-state index contributed by atoms with van der Waals surface area (Å²) in [6.07, 6.45) is 0.970. The number of nitrogens with one attached hydrogen (secondary N) is 2. The molecule has 2 aromatic carbocycles. The van der Waals surface area contributed by atoms with Crippen LogP contribution in [-0.4, -0.2) is 37.0 Å². The van der Waals surface area contributed by atoms with Crippen molar-refractivity contribution < 1.29 is 4.79 Å². The fourth-order valence-electron chi connectivity index (χ4n) is 3.05. The number of benzene rings is 2. The minimum atomic E-state index is 0.0429. The molecule has 0 spiro atoms. The van der Waals surface area contributed by atoms with E-state index in [4.69, 9.17) is 0 Å². The minimum absolute atomic E-state index is 0.0429. The smallest absolute Gasteiger partial charge is 0.238 e. The number of carbonyl (C=O) groups is 1. The molecule has 0 atom stereocenters. The third-order valence-corrected chi connectivity index (χ3v) is 4.77. The Kier molecular flexibility index (Phi) is 7.67. The molecule has 0 aliphatic rings. The Labute approximate surface area is 157 Å². The number of amides is 1. The zero-order valence-corrected chi connectivity index (χ0v) is 16.4.